The van der Waals surface area contributed by atoms with Gasteiger partial charge < -0.3 is 5.32 Å². The first-order valence-corrected chi connectivity index (χ1v) is 6.65. The number of aryl methyl sites for hydroxylation is 2. The van der Waals surface area contributed by atoms with Crippen LogP contribution >= 0.6 is 11.3 Å². The Balaban J connectivity index is 2.21. The van der Waals surface area contributed by atoms with E-state index in [0.717, 1.165) is 22.9 Å². The molecule has 0 unspecified atom stereocenters. The molecule has 1 N–H and O–H groups in total. The highest BCUT2D eigenvalue weighted by molar-refractivity contribution is 7.11. The first kappa shape index (κ1) is 12.8. The number of hydrogen-bond donors (Lipinski definition) is 1. The third kappa shape index (κ3) is 2.76. The standard InChI is InChI=1S/C12H16N4OS/c1-4-13-10-5-12(17)16(14-6-10)7-11-15-8(2)9(3)18-11/h5-6,13H,4,7H2,1-3H3. The maximum Gasteiger partial charge on any atom is 0.269 e. The normalized spacial score (nSPS) is 10.6. The molecule has 0 amide bonds. The summed E-state index contributed by atoms with van der Waals surface area (Å²) in [4.78, 5) is 17.4. The summed E-state index contributed by atoms with van der Waals surface area (Å²) in [6, 6.07) is 1.56. The van der Waals surface area contributed by atoms with E-state index in [2.05, 4.69) is 15.4 Å². The molecule has 0 atom stereocenters. The molecular formula is C12H16N4OS. The van der Waals surface area contributed by atoms with Gasteiger partial charge in [0.25, 0.3) is 5.56 Å². The monoisotopic (exact) mass is 264 g/mol. The van der Waals surface area contributed by atoms with Gasteiger partial charge >= 0.3 is 0 Å². The second-order valence-corrected chi connectivity index (χ2v) is 5.31. The molecule has 2 rings (SSSR count). The number of nitrogens with zero attached hydrogens (tertiary/aromatic N) is 3. The van der Waals surface area contributed by atoms with Crippen molar-refractivity contribution >= 4 is 17.0 Å². The lowest BCUT2D eigenvalue weighted by atomic mass is 10.4. The van der Waals surface area contributed by atoms with Gasteiger partial charge in [-0.25, -0.2) is 9.67 Å². The highest BCUT2D eigenvalue weighted by Crippen LogP contribution is 2.16. The van der Waals surface area contributed by atoms with Gasteiger partial charge in [0.2, 0.25) is 0 Å². The predicted octanol–water partition coefficient (Wildman–Crippen LogP) is 1.80. The maximum absolute atomic E-state index is 11.8. The first-order valence-electron chi connectivity index (χ1n) is 5.84. The molecule has 18 heavy (non-hydrogen) atoms. The Morgan fingerprint density at radius 3 is 2.78 bits per heavy atom. The van der Waals surface area contributed by atoms with E-state index in [0.29, 0.717) is 6.54 Å². The van der Waals surface area contributed by atoms with Crippen LogP contribution in [0.25, 0.3) is 0 Å². The van der Waals surface area contributed by atoms with Crippen LogP contribution in [0.1, 0.15) is 22.5 Å². The number of anilines is 1. The largest absolute Gasteiger partial charge is 0.384 e. The molecule has 0 saturated carbocycles. The zero-order chi connectivity index (χ0) is 13.1. The van der Waals surface area contributed by atoms with Gasteiger partial charge in [-0.05, 0) is 20.8 Å². The van der Waals surface area contributed by atoms with Gasteiger partial charge in [0, 0.05) is 17.5 Å². The smallest absolute Gasteiger partial charge is 0.269 e. The zero-order valence-corrected chi connectivity index (χ0v) is 11.5. The summed E-state index contributed by atoms with van der Waals surface area (Å²) in [5.41, 5.74) is 1.66. The van der Waals surface area contributed by atoms with Crippen molar-refractivity contribution in [1.82, 2.24) is 14.8 Å². The highest BCUT2D eigenvalue weighted by atomic mass is 32.1. The molecule has 0 radical (unpaired) electrons. The molecule has 0 aromatic carbocycles. The highest BCUT2D eigenvalue weighted by Gasteiger charge is 2.06. The van der Waals surface area contributed by atoms with E-state index in [1.54, 1.807) is 23.6 Å². The Labute approximate surface area is 110 Å². The van der Waals surface area contributed by atoms with Gasteiger partial charge in [0.05, 0.1) is 24.1 Å². The fourth-order valence-corrected chi connectivity index (χ4v) is 2.50. The van der Waals surface area contributed by atoms with E-state index in [4.69, 9.17) is 0 Å². The number of rotatable bonds is 4. The molecule has 0 fully saturated rings. The van der Waals surface area contributed by atoms with Crippen LogP contribution in [0, 0.1) is 13.8 Å². The lowest BCUT2D eigenvalue weighted by molar-refractivity contribution is 0.636. The molecule has 2 heterocycles. The average Bonchev–Trinajstić information content (AvgIpc) is 2.62. The number of thiazole rings is 1. The molecular weight excluding hydrogens is 248 g/mol. The Hall–Kier alpha value is -1.69. The number of hydrogen-bond acceptors (Lipinski definition) is 5. The lowest BCUT2D eigenvalue weighted by Crippen LogP contribution is -2.23. The van der Waals surface area contributed by atoms with Crippen LogP contribution in [-0.2, 0) is 6.54 Å². The Morgan fingerprint density at radius 2 is 2.22 bits per heavy atom. The minimum atomic E-state index is -0.112. The second-order valence-electron chi connectivity index (χ2n) is 4.02. The van der Waals surface area contributed by atoms with Crippen LogP contribution in [0.2, 0.25) is 0 Å². The summed E-state index contributed by atoms with van der Waals surface area (Å²) in [6.45, 7) is 7.19. The Kier molecular flexibility index (Phi) is 3.76. The molecule has 2 aromatic rings. The number of nitrogens with one attached hydrogen (secondary N) is 1. The van der Waals surface area contributed by atoms with Crippen molar-refractivity contribution in [2.75, 3.05) is 11.9 Å². The second kappa shape index (κ2) is 5.30. The van der Waals surface area contributed by atoms with Crippen molar-refractivity contribution in [3.8, 4) is 0 Å². The van der Waals surface area contributed by atoms with E-state index in [1.165, 1.54) is 9.56 Å². The quantitative estimate of drug-likeness (QED) is 0.914. The van der Waals surface area contributed by atoms with Crippen molar-refractivity contribution in [3.63, 3.8) is 0 Å². The molecule has 2 aromatic heterocycles. The molecule has 0 saturated heterocycles. The summed E-state index contributed by atoms with van der Waals surface area (Å²) in [5.74, 6) is 0. The minimum absolute atomic E-state index is 0.112. The molecule has 5 nitrogen and oxygen atoms in total. The fourth-order valence-electron chi connectivity index (χ4n) is 1.59. The third-order valence-electron chi connectivity index (χ3n) is 2.61. The summed E-state index contributed by atoms with van der Waals surface area (Å²) in [5, 5.41) is 8.12. The van der Waals surface area contributed by atoms with Gasteiger partial charge in [-0.3, -0.25) is 4.79 Å². The Morgan fingerprint density at radius 1 is 1.44 bits per heavy atom. The topological polar surface area (TPSA) is 59.8 Å². The minimum Gasteiger partial charge on any atom is -0.384 e. The van der Waals surface area contributed by atoms with Gasteiger partial charge in [-0.15, -0.1) is 11.3 Å². The van der Waals surface area contributed by atoms with Crippen LogP contribution in [-0.4, -0.2) is 21.3 Å². The van der Waals surface area contributed by atoms with Crippen LogP contribution in [0.4, 0.5) is 5.69 Å². The zero-order valence-electron chi connectivity index (χ0n) is 10.7. The SMILES string of the molecule is CCNc1cnn(Cc2nc(C)c(C)s2)c(=O)c1. The van der Waals surface area contributed by atoms with Crippen molar-refractivity contribution in [2.45, 2.75) is 27.3 Å². The molecule has 0 aliphatic heterocycles. The van der Waals surface area contributed by atoms with E-state index in [-0.39, 0.29) is 5.56 Å². The fraction of sp³-hybridized carbons (Fsp3) is 0.417. The summed E-state index contributed by atoms with van der Waals surface area (Å²) >= 11 is 1.61. The van der Waals surface area contributed by atoms with E-state index < -0.39 is 0 Å². The van der Waals surface area contributed by atoms with E-state index >= 15 is 0 Å². The van der Waals surface area contributed by atoms with Crippen molar-refractivity contribution < 1.29 is 0 Å². The van der Waals surface area contributed by atoms with Crippen molar-refractivity contribution in [2.24, 2.45) is 0 Å². The lowest BCUT2D eigenvalue weighted by Gasteiger charge is -2.04. The van der Waals surface area contributed by atoms with E-state index in [9.17, 15) is 4.79 Å². The number of aromatic nitrogens is 3. The van der Waals surface area contributed by atoms with Crippen LogP contribution in [0.3, 0.4) is 0 Å². The molecule has 96 valence electrons. The summed E-state index contributed by atoms with van der Waals surface area (Å²) in [7, 11) is 0. The predicted molar refractivity (Wildman–Crippen MR) is 73.4 cm³/mol. The van der Waals surface area contributed by atoms with Gasteiger partial charge in [-0.1, -0.05) is 0 Å². The summed E-state index contributed by atoms with van der Waals surface area (Å²) in [6.07, 6.45) is 1.66. The average molecular weight is 264 g/mol. The molecule has 0 bridgehead atoms. The molecule has 0 aliphatic rings. The van der Waals surface area contributed by atoms with Gasteiger partial charge in [-0.2, -0.15) is 5.10 Å². The van der Waals surface area contributed by atoms with Gasteiger partial charge in [0.15, 0.2) is 0 Å². The van der Waals surface area contributed by atoms with Gasteiger partial charge in [0.1, 0.15) is 5.01 Å². The maximum atomic E-state index is 11.8. The molecule has 0 spiro atoms. The van der Waals surface area contributed by atoms with Crippen LogP contribution in [0.5, 0.6) is 0 Å². The molecule has 0 aliphatic carbocycles. The summed E-state index contributed by atoms with van der Waals surface area (Å²) < 4.78 is 1.43. The third-order valence-corrected chi connectivity index (χ3v) is 3.67. The molecule has 6 heteroatoms. The van der Waals surface area contributed by atoms with Crippen LogP contribution < -0.4 is 10.9 Å². The van der Waals surface area contributed by atoms with Crippen molar-refractivity contribution in [1.29, 1.82) is 0 Å². The van der Waals surface area contributed by atoms with Crippen molar-refractivity contribution in [3.05, 3.63) is 38.2 Å². The first-order chi connectivity index (χ1) is 8.60. The van der Waals surface area contributed by atoms with Crippen LogP contribution in [0.15, 0.2) is 17.1 Å². The Bertz CT molecular complexity index is 583. The van der Waals surface area contributed by atoms with E-state index in [1.807, 2.05) is 20.8 Å².